The first-order valence-electron chi connectivity index (χ1n) is 5.13. The van der Waals surface area contributed by atoms with Crippen LogP contribution in [0.25, 0.3) is 10.9 Å². The molecule has 2 heterocycles. The molecule has 1 aromatic heterocycles. The minimum absolute atomic E-state index is 0.376. The third-order valence-corrected chi connectivity index (χ3v) is 2.53. The van der Waals surface area contributed by atoms with Crippen molar-refractivity contribution in [2.24, 2.45) is 0 Å². The number of nitrogens with two attached hydrogens (primary N) is 2. The van der Waals surface area contributed by atoms with Gasteiger partial charge >= 0.3 is 0 Å². The molecular formula is C11H11N5O. The van der Waals surface area contributed by atoms with Gasteiger partial charge in [-0.15, -0.1) is 0 Å². The number of rotatable bonds is 1. The zero-order valence-corrected chi connectivity index (χ0v) is 8.92. The number of fused-ring (bicyclic) bond motifs is 1. The van der Waals surface area contributed by atoms with E-state index in [1.165, 1.54) is 0 Å². The van der Waals surface area contributed by atoms with Gasteiger partial charge in [0.25, 0.3) is 0 Å². The second kappa shape index (κ2) is 3.51. The molecule has 0 radical (unpaired) electrons. The monoisotopic (exact) mass is 229 g/mol. The molecule has 86 valence electrons. The van der Waals surface area contributed by atoms with Crippen LogP contribution in [0.1, 0.15) is 12.1 Å². The first-order chi connectivity index (χ1) is 8.24. The van der Waals surface area contributed by atoms with Crippen molar-refractivity contribution in [3.05, 3.63) is 36.5 Å². The topological polar surface area (TPSA) is 99.1 Å². The zero-order chi connectivity index (χ0) is 11.8. The Morgan fingerprint density at radius 1 is 1.24 bits per heavy atom. The van der Waals surface area contributed by atoms with Gasteiger partial charge in [0.1, 0.15) is 12.1 Å². The van der Waals surface area contributed by atoms with Crippen LogP contribution in [0.15, 0.2) is 30.7 Å². The minimum atomic E-state index is -0.376. The van der Waals surface area contributed by atoms with Gasteiger partial charge in [0.15, 0.2) is 5.82 Å². The van der Waals surface area contributed by atoms with E-state index in [9.17, 15) is 0 Å². The fraction of sp³-hybridized carbons (Fsp3) is 0.0909. The van der Waals surface area contributed by atoms with E-state index in [0.29, 0.717) is 17.3 Å². The van der Waals surface area contributed by atoms with Gasteiger partial charge < -0.3 is 21.5 Å². The van der Waals surface area contributed by atoms with Crippen molar-refractivity contribution >= 4 is 22.4 Å². The Bertz CT molecular complexity index is 602. The minimum Gasteiger partial charge on any atom is -0.469 e. The fourth-order valence-electron chi connectivity index (χ4n) is 1.72. The summed E-state index contributed by atoms with van der Waals surface area (Å²) in [4.78, 5) is 8.59. The number of nitrogens with zero attached hydrogens (tertiary/aromatic N) is 2. The Balaban J connectivity index is 2.13. The van der Waals surface area contributed by atoms with Crippen LogP contribution in [-0.2, 0) is 4.74 Å². The van der Waals surface area contributed by atoms with Crippen LogP contribution in [0.5, 0.6) is 0 Å². The largest absolute Gasteiger partial charge is 0.469 e. The van der Waals surface area contributed by atoms with Crippen molar-refractivity contribution in [2.45, 2.75) is 6.23 Å². The van der Waals surface area contributed by atoms with Gasteiger partial charge in [-0.05, 0) is 18.2 Å². The number of aromatic nitrogens is 2. The highest BCUT2D eigenvalue weighted by molar-refractivity contribution is 5.90. The average Bonchev–Trinajstić information content (AvgIpc) is 2.83. The van der Waals surface area contributed by atoms with Gasteiger partial charge in [-0.2, -0.15) is 0 Å². The van der Waals surface area contributed by atoms with Crippen LogP contribution >= 0.6 is 0 Å². The number of hydrogen-bond donors (Lipinski definition) is 3. The Morgan fingerprint density at radius 3 is 2.88 bits per heavy atom. The first-order valence-corrected chi connectivity index (χ1v) is 5.13. The Kier molecular flexibility index (Phi) is 2.01. The Morgan fingerprint density at radius 2 is 2.12 bits per heavy atom. The van der Waals surface area contributed by atoms with Crippen molar-refractivity contribution in [1.82, 2.24) is 15.3 Å². The molecule has 0 fully saturated rings. The van der Waals surface area contributed by atoms with E-state index in [1.807, 2.05) is 6.07 Å². The zero-order valence-electron chi connectivity index (χ0n) is 8.92. The maximum atomic E-state index is 5.88. The molecule has 0 amide bonds. The van der Waals surface area contributed by atoms with Crippen molar-refractivity contribution in [3.63, 3.8) is 0 Å². The first kappa shape index (κ1) is 9.71. The van der Waals surface area contributed by atoms with Gasteiger partial charge in [0.2, 0.25) is 6.23 Å². The van der Waals surface area contributed by atoms with E-state index in [2.05, 4.69) is 15.3 Å². The second-order valence-corrected chi connectivity index (χ2v) is 3.73. The maximum absolute atomic E-state index is 5.88. The second-order valence-electron chi connectivity index (χ2n) is 3.73. The fourth-order valence-corrected chi connectivity index (χ4v) is 1.72. The third-order valence-electron chi connectivity index (χ3n) is 2.53. The number of ether oxygens (including phenoxy) is 1. The van der Waals surface area contributed by atoms with Gasteiger partial charge in [-0.1, -0.05) is 0 Å². The van der Waals surface area contributed by atoms with E-state index in [1.54, 1.807) is 24.6 Å². The highest BCUT2D eigenvalue weighted by Gasteiger charge is 2.18. The highest BCUT2D eigenvalue weighted by Crippen LogP contribution is 2.23. The average molecular weight is 229 g/mol. The molecular weight excluding hydrogens is 218 g/mol. The molecule has 1 atom stereocenters. The summed E-state index contributed by atoms with van der Waals surface area (Å²) in [6, 6.07) is 5.35. The summed E-state index contributed by atoms with van der Waals surface area (Å²) in [6.45, 7) is 0. The molecule has 1 aliphatic rings. The molecule has 0 saturated carbocycles. The lowest BCUT2D eigenvalue weighted by Gasteiger charge is -2.11. The normalized spacial score (nSPS) is 18.0. The maximum Gasteiger partial charge on any atom is 0.229 e. The lowest BCUT2D eigenvalue weighted by Crippen LogP contribution is -2.16. The number of nitrogens with one attached hydrogen (secondary N) is 1. The Hall–Kier alpha value is -2.50. The molecule has 1 aromatic carbocycles. The molecule has 0 bridgehead atoms. The van der Waals surface area contributed by atoms with Crippen LogP contribution in [0, 0.1) is 0 Å². The summed E-state index contributed by atoms with van der Waals surface area (Å²) < 4.78 is 5.27. The summed E-state index contributed by atoms with van der Waals surface area (Å²) in [6.07, 6.45) is 2.87. The van der Waals surface area contributed by atoms with Gasteiger partial charge in [0, 0.05) is 17.3 Å². The predicted molar refractivity (Wildman–Crippen MR) is 64.5 cm³/mol. The van der Waals surface area contributed by atoms with E-state index in [4.69, 9.17) is 16.2 Å². The molecule has 17 heavy (non-hydrogen) atoms. The molecule has 1 aliphatic heterocycles. The molecule has 2 aromatic rings. The van der Waals surface area contributed by atoms with Crippen LogP contribution in [0.4, 0.5) is 11.5 Å². The van der Waals surface area contributed by atoms with E-state index in [0.717, 1.165) is 10.9 Å². The summed E-state index contributed by atoms with van der Waals surface area (Å²) in [7, 11) is 0. The Labute approximate surface area is 97.3 Å². The summed E-state index contributed by atoms with van der Waals surface area (Å²) in [5.41, 5.74) is 13.0. The molecule has 5 N–H and O–H groups in total. The number of hydrogen-bond acceptors (Lipinski definition) is 6. The highest BCUT2D eigenvalue weighted by atomic mass is 16.5. The molecule has 0 saturated heterocycles. The van der Waals surface area contributed by atoms with Gasteiger partial charge in [-0.25, -0.2) is 9.97 Å². The number of anilines is 2. The standard InChI is InChI=1S/C11H11N5O/c12-6-1-2-8-7(5-6)9(13)16-10(15-8)11-14-3-4-17-11/h1-5,11,14H,12H2,(H2,13,15,16). The van der Waals surface area contributed by atoms with Crippen molar-refractivity contribution in [3.8, 4) is 0 Å². The lowest BCUT2D eigenvalue weighted by molar-refractivity contribution is 0.146. The number of benzene rings is 1. The smallest absolute Gasteiger partial charge is 0.229 e. The quantitative estimate of drug-likeness (QED) is 0.628. The summed E-state index contributed by atoms with van der Waals surface area (Å²) >= 11 is 0. The molecule has 1 unspecified atom stereocenters. The molecule has 0 aliphatic carbocycles. The van der Waals surface area contributed by atoms with Crippen LogP contribution in [0.2, 0.25) is 0 Å². The number of nitrogen functional groups attached to an aromatic ring is 2. The van der Waals surface area contributed by atoms with Crippen LogP contribution in [0.3, 0.4) is 0 Å². The molecule has 3 rings (SSSR count). The van der Waals surface area contributed by atoms with Gasteiger partial charge in [-0.3, -0.25) is 0 Å². The SMILES string of the molecule is Nc1ccc2nc(C3NC=CO3)nc(N)c2c1. The third kappa shape index (κ3) is 1.59. The molecule has 0 spiro atoms. The molecule has 6 nitrogen and oxygen atoms in total. The van der Waals surface area contributed by atoms with Crippen LogP contribution < -0.4 is 16.8 Å². The van der Waals surface area contributed by atoms with E-state index < -0.39 is 0 Å². The van der Waals surface area contributed by atoms with E-state index in [-0.39, 0.29) is 6.23 Å². The van der Waals surface area contributed by atoms with Crippen LogP contribution in [-0.4, -0.2) is 9.97 Å². The predicted octanol–water partition coefficient (Wildman–Crippen LogP) is 0.884. The molecule has 6 heteroatoms. The summed E-state index contributed by atoms with van der Waals surface area (Å²) in [5, 5.41) is 3.72. The van der Waals surface area contributed by atoms with Crippen molar-refractivity contribution < 1.29 is 4.74 Å². The summed E-state index contributed by atoms with van der Waals surface area (Å²) in [5.74, 6) is 0.902. The van der Waals surface area contributed by atoms with Gasteiger partial charge in [0.05, 0.1) is 5.52 Å². The van der Waals surface area contributed by atoms with E-state index >= 15 is 0 Å². The van der Waals surface area contributed by atoms with Crippen molar-refractivity contribution in [2.75, 3.05) is 11.5 Å². The van der Waals surface area contributed by atoms with Crippen molar-refractivity contribution in [1.29, 1.82) is 0 Å². The lowest BCUT2D eigenvalue weighted by atomic mass is 10.2.